The van der Waals surface area contributed by atoms with Crippen LogP contribution in [0.2, 0.25) is 0 Å². The van der Waals surface area contributed by atoms with Crippen LogP contribution in [0.4, 0.5) is 4.79 Å². The molecule has 0 spiro atoms. The highest BCUT2D eigenvalue weighted by Crippen LogP contribution is 2.31. The van der Waals surface area contributed by atoms with Gasteiger partial charge in [-0.05, 0) is 113 Å². The monoisotopic (exact) mass is 736 g/mol. The van der Waals surface area contributed by atoms with Crippen LogP contribution in [0.3, 0.4) is 0 Å². The standard InChI is InChI=1S/C41H44N4O9/c1-26(46)45(50)37(42)28-10-18-33(19-11-28)52-35-22-30(38(47)43-31-14-16-32(17-15-31)44-40(49)54-41(2,3)4)23-36(24-35)53-34-20-12-29(13-21-34)39(48)51-25-27-8-6-5-7-9-27/h5-13,18-24,31-32,42,50H,14-17,25H2,1-4H3,(H,43,47)(H,44,49). The Hall–Kier alpha value is -6.21. The average Bonchev–Trinajstić information content (AvgIpc) is 3.14. The molecule has 4 N–H and O–H groups in total. The predicted octanol–water partition coefficient (Wildman–Crippen LogP) is 7.76. The first kappa shape index (κ1) is 39.0. The van der Waals surface area contributed by atoms with Crippen molar-refractivity contribution in [3.8, 4) is 23.0 Å². The second-order valence-electron chi connectivity index (χ2n) is 13.9. The van der Waals surface area contributed by atoms with Crippen molar-refractivity contribution in [1.82, 2.24) is 15.7 Å². The Morgan fingerprint density at radius 1 is 0.722 bits per heavy atom. The van der Waals surface area contributed by atoms with Crippen molar-refractivity contribution in [2.75, 3.05) is 0 Å². The third-order valence-corrected chi connectivity index (χ3v) is 8.34. The molecule has 0 aliphatic heterocycles. The lowest BCUT2D eigenvalue weighted by Gasteiger charge is -2.30. The fourth-order valence-electron chi connectivity index (χ4n) is 5.64. The molecule has 0 unspecified atom stereocenters. The number of hydrogen-bond acceptors (Lipinski definition) is 10. The molecule has 3 amide bonds. The molecule has 0 saturated heterocycles. The number of nitrogens with zero attached hydrogens (tertiary/aromatic N) is 1. The van der Waals surface area contributed by atoms with E-state index in [4.69, 9.17) is 24.4 Å². The number of hydrogen-bond donors (Lipinski definition) is 4. The SMILES string of the molecule is CC(=O)N(O)C(=N)c1ccc(Oc2cc(Oc3ccc(C(=O)OCc4ccccc4)cc3)cc(C(=O)NC3CCC(NC(=O)OC(C)(C)C)CC3)c2)cc1. The summed E-state index contributed by atoms with van der Waals surface area (Å²) in [6, 6.07) is 26.5. The highest BCUT2D eigenvalue weighted by molar-refractivity contribution is 6.04. The second-order valence-corrected chi connectivity index (χ2v) is 13.9. The molecule has 0 bridgehead atoms. The smallest absolute Gasteiger partial charge is 0.407 e. The molecule has 282 valence electrons. The summed E-state index contributed by atoms with van der Waals surface area (Å²) in [6.07, 6.45) is 2.19. The molecular weight excluding hydrogens is 692 g/mol. The van der Waals surface area contributed by atoms with Crippen molar-refractivity contribution in [3.63, 3.8) is 0 Å². The third-order valence-electron chi connectivity index (χ3n) is 8.34. The molecule has 5 rings (SSSR count). The van der Waals surface area contributed by atoms with Gasteiger partial charge in [0.05, 0.1) is 5.56 Å². The van der Waals surface area contributed by atoms with Gasteiger partial charge in [-0.3, -0.25) is 20.2 Å². The summed E-state index contributed by atoms with van der Waals surface area (Å²) in [7, 11) is 0. The zero-order valence-corrected chi connectivity index (χ0v) is 30.6. The molecule has 13 heteroatoms. The minimum atomic E-state index is -0.703. The Balaban J connectivity index is 1.28. The van der Waals surface area contributed by atoms with Crippen LogP contribution in [-0.2, 0) is 20.9 Å². The number of esters is 1. The number of hydroxylamine groups is 2. The summed E-state index contributed by atoms with van der Waals surface area (Å²) in [5.41, 5.74) is 1.17. The van der Waals surface area contributed by atoms with Crippen LogP contribution >= 0.6 is 0 Å². The Morgan fingerprint density at radius 2 is 1.24 bits per heavy atom. The highest BCUT2D eigenvalue weighted by Gasteiger charge is 2.26. The number of carbonyl (C=O) groups is 4. The quantitative estimate of drug-likeness (QED) is 0.0394. The van der Waals surface area contributed by atoms with Gasteiger partial charge >= 0.3 is 12.1 Å². The van der Waals surface area contributed by atoms with Gasteiger partial charge in [0, 0.05) is 36.2 Å². The maximum absolute atomic E-state index is 13.6. The molecule has 0 heterocycles. The van der Waals surface area contributed by atoms with E-state index in [1.807, 2.05) is 51.1 Å². The minimum Gasteiger partial charge on any atom is -0.457 e. The molecule has 54 heavy (non-hydrogen) atoms. The van der Waals surface area contributed by atoms with E-state index in [0.717, 1.165) is 12.5 Å². The van der Waals surface area contributed by atoms with Crippen LogP contribution < -0.4 is 20.1 Å². The summed E-state index contributed by atoms with van der Waals surface area (Å²) < 4.78 is 23.0. The zero-order valence-electron chi connectivity index (χ0n) is 30.6. The number of amidine groups is 1. The first-order valence-electron chi connectivity index (χ1n) is 17.5. The van der Waals surface area contributed by atoms with Gasteiger partial charge in [-0.25, -0.2) is 9.59 Å². The molecule has 13 nitrogen and oxygen atoms in total. The summed E-state index contributed by atoms with van der Waals surface area (Å²) in [5, 5.41) is 24.1. The predicted molar refractivity (Wildman–Crippen MR) is 199 cm³/mol. The number of nitrogens with one attached hydrogen (secondary N) is 3. The Morgan fingerprint density at radius 3 is 1.76 bits per heavy atom. The number of rotatable bonds is 11. The Kier molecular flexibility index (Phi) is 12.7. The molecule has 1 fully saturated rings. The van der Waals surface area contributed by atoms with Gasteiger partial charge in [0.1, 0.15) is 35.2 Å². The molecule has 0 aromatic heterocycles. The van der Waals surface area contributed by atoms with Gasteiger partial charge in [0.15, 0.2) is 5.84 Å². The first-order valence-corrected chi connectivity index (χ1v) is 17.5. The van der Waals surface area contributed by atoms with E-state index < -0.39 is 29.4 Å². The van der Waals surface area contributed by atoms with Crippen molar-refractivity contribution in [1.29, 1.82) is 5.41 Å². The van der Waals surface area contributed by atoms with Crippen LogP contribution in [0.5, 0.6) is 23.0 Å². The molecule has 1 aliphatic rings. The van der Waals surface area contributed by atoms with E-state index in [2.05, 4.69) is 10.6 Å². The lowest BCUT2D eigenvalue weighted by molar-refractivity contribution is -0.146. The summed E-state index contributed by atoms with van der Waals surface area (Å²) >= 11 is 0. The molecule has 0 atom stereocenters. The van der Waals surface area contributed by atoms with Gasteiger partial charge in [-0.2, -0.15) is 5.06 Å². The number of amides is 3. The maximum atomic E-state index is 13.6. The van der Waals surface area contributed by atoms with Gasteiger partial charge in [-0.15, -0.1) is 0 Å². The van der Waals surface area contributed by atoms with Crippen molar-refractivity contribution >= 4 is 29.7 Å². The molecule has 1 saturated carbocycles. The van der Waals surface area contributed by atoms with Crippen LogP contribution in [-0.4, -0.2) is 57.7 Å². The fraction of sp³-hybridized carbons (Fsp3) is 0.293. The van der Waals surface area contributed by atoms with E-state index in [1.54, 1.807) is 54.6 Å². The highest BCUT2D eigenvalue weighted by atomic mass is 16.6. The van der Waals surface area contributed by atoms with Crippen molar-refractivity contribution < 1.29 is 43.3 Å². The Bertz CT molecular complexity index is 1950. The molecule has 4 aromatic rings. The summed E-state index contributed by atoms with van der Waals surface area (Å²) in [5.74, 6) is -0.602. The molecule has 1 aliphatic carbocycles. The molecule has 4 aromatic carbocycles. The van der Waals surface area contributed by atoms with Crippen LogP contribution in [0, 0.1) is 5.41 Å². The van der Waals surface area contributed by atoms with E-state index in [0.29, 0.717) is 42.7 Å². The number of benzene rings is 4. The second kappa shape index (κ2) is 17.5. The maximum Gasteiger partial charge on any atom is 0.407 e. The molecular formula is C41H44N4O9. The van der Waals surface area contributed by atoms with Crippen LogP contribution in [0.25, 0.3) is 0 Å². The third kappa shape index (κ3) is 11.4. The fourth-order valence-corrected chi connectivity index (χ4v) is 5.64. The first-order chi connectivity index (χ1) is 25.7. The van der Waals surface area contributed by atoms with Gasteiger partial charge in [0.2, 0.25) is 5.91 Å². The average molecular weight is 737 g/mol. The number of ether oxygens (including phenoxy) is 4. The Labute approximate surface area is 313 Å². The number of alkyl carbamates (subject to hydrolysis) is 1. The van der Waals surface area contributed by atoms with Crippen molar-refractivity contribution in [2.24, 2.45) is 0 Å². The largest absolute Gasteiger partial charge is 0.457 e. The van der Waals surface area contributed by atoms with Crippen molar-refractivity contribution in [2.45, 2.75) is 77.7 Å². The van der Waals surface area contributed by atoms with E-state index in [1.165, 1.54) is 12.1 Å². The molecule has 0 radical (unpaired) electrons. The minimum absolute atomic E-state index is 0.0557. The summed E-state index contributed by atoms with van der Waals surface area (Å²) in [6.45, 7) is 6.71. The number of carbonyl (C=O) groups excluding carboxylic acids is 4. The lowest BCUT2D eigenvalue weighted by atomic mass is 9.91. The zero-order chi connectivity index (χ0) is 38.8. The van der Waals surface area contributed by atoms with Gasteiger partial charge in [0.25, 0.3) is 5.91 Å². The topological polar surface area (TPSA) is 177 Å². The van der Waals surface area contributed by atoms with E-state index >= 15 is 0 Å². The van der Waals surface area contributed by atoms with Gasteiger partial charge in [-0.1, -0.05) is 30.3 Å². The van der Waals surface area contributed by atoms with E-state index in [9.17, 15) is 24.4 Å². The van der Waals surface area contributed by atoms with E-state index in [-0.39, 0.29) is 52.3 Å². The van der Waals surface area contributed by atoms with Gasteiger partial charge < -0.3 is 29.6 Å². The van der Waals surface area contributed by atoms with Crippen LogP contribution in [0.1, 0.15) is 85.2 Å². The lowest BCUT2D eigenvalue weighted by Crippen LogP contribution is -2.45. The normalized spacial score (nSPS) is 15.3. The van der Waals surface area contributed by atoms with Crippen molar-refractivity contribution in [3.05, 3.63) is 119 Å². The summed E-state index contributed by atoms with van der Waals surface area (Å²) in [4.78, 5) is 50.0. The van der Waals surface area contributed by atoms with Crippen LogP contribution in [0.15, 0.2) is 97.1 Å².